The van der Waals surface area contributed by atoms with Gasteiger partial charge in [-0.3, -0.25) is 4.79 Å². The Kier molecular flexibility index (Phi) is 4.62. The number of nitrogens with one attached hydrogen (secondary N) is 1. The Morgan fingerprint density at radius 3 is 2.67 bits per heavy atom. The third-order valence-electron chi connectivity index (χ3n) is 4.04. The zero-order valence-electron chi connectivity index (χ0n) is 12.5. The number of nitriles is 1. The molecule has 1 amide bonds. The van der Waals surface area contributed by atoms with Gasteiger partial charge in [-0.05, 0) is 56.7 Å². The van der Waals surface area contributed by atoms with Crippen molar-refractivity contribution in [1.29, 1.82) is 5.26 Å². The number of benzene rings is 1. The summed E-state index contributed by atoms with van der Waals surface area (Å²) in [7, 11) is 0. The molecule has 0 unspecified atom stereocenters. The minimum atomic E-state index is -0.626. The summed E-state index contributed by atoms with van der Waals surface area (Å²) >= 11 is 0. The van der Waals surface area contributed by atoms with Crippen LogP contribution in [0.2, 0.25) is 0 Å². The molecule has 0 bridgehead atoms. The van der Waals surface area contributed by atoms with Crippen molar-refractivity contribution in [3.63, 3.8) is 0 Å². The van der Waals surface area contributed by atoms with Gasteiger partial charge in [-0.1, -0.05) is 12.1 Å². The van der Waals surface area contributed by atoms with Crippen LogP contribution in [-0.2, 0) is 4.79 Å². The van der Waals surface area contributed by atoms with E-state index in [9.17, 15) is 9.18 Å². The minimum absolute atomic E-state index is 0.0636. The van der Waals surface area contributed by atoms with Crippen LogP contribution in [0.15, 0.2) is 24.3 Å². The monoisotopic (exact) mass is 288 g/mol. The molecule has 2 atom stereocenters. The molecule has 0 saturated heterocycles. The molecule has 1 aromatic carbocycles. The number of carbonyl (C=O) groups is 1. The molecule has 1 aliphatic rings. The fourth-order valence-electron chi connectivity index (χ4n) is 2.87. The van der Waals surface area contributed by atoms with E-state index in [1.807, 2.05) is 12.1 Å². The Bertz CT molecular complexity index is 545. The van der Waals surface area contributed by atoms with Crippen molar-refractivity contribution in [3.05, 3.63) is 35.6 Å². The summed E-state index contributed by atoms with van der Waals surface area (Å²) in [6, 6.07) is 8.91. The van der Waals surface area contributed by atoms with Crippen molar-refractivity contribution in [2.75, 3.05) is 0 Å². The molecule has 1 saturated carbocycles. The van der Waals surface area contributed by atoms with Crippen molar-refractivity contribution in [1.82, 2.24) is 5.32 Å². The zero-order valence-corrected chi connectivity index (χ0v) is 12.5. The molecular weight excluding hydrogens is 267 g/mol. The lowest BCUT2D eigenvalue weighted by Crippen LogP contribution is -2.35. The van der Waals surface area contributed by atoms with E-state index in [1.54, 1.807) is 13.8 Å². The van der Waals surface area contributed by atoms with Gasteiger partial charge >= 0.3 is 0 Å². The van der Waals surface area contributed by atoms with Crippen LogP contribution in [0, 0.1) is 22.6 Å². The standard InChI is InChI=1S/C17H21FN2O/c1-17(2,11-19)10-16(21)20-15-8-5-13(9-15)12-3-6-14(18)7-4-12/h3-4,6-7,13,15H,5,8-10H2,1-2H3,(H,20,21)/t13-,15+/m0/s1. The number of amides is 1. The molecule has 1 aromatic rings. The lowest BCUT2D eigenvalue weighted by molar-refractivity contribution is -0.123. The highest BCUT2D eigenvalue weighted by Crippen LogP contribution is 2.34. The average molecular weight is 288 g/mol. The number of nitrogens with zero attached hydrogens (tertiary/aromatic N) is 1. The van der Waals surface area contributed by atoms with Crippen LogP contribution in [0.1, 0.15) is 51.0 Å². The fraction of sp³-hybridized carbons (Fsp3) is 0.529. The van der Waals surface area contributed by atoms with Crippen molar-refractivity contribution in [3.8, 4) is 6.07 Å². The fourth-order valence-corrected chi connectivity index (χ4v) is 2.87. The summed E-state index contributed by atoms with van der Waals surface area (Å²) in [5.74, 6) is 0.0894. The summed E-state index contributed by atoms with van der Waals surface area (Å²) in [4.78, 5) is 11.9. The lowest BCUT2D eigenvalue weighted by atomic mass is 9.91. The van der Waals surface area contributed by atoms with Crippen molar-refractivity contribution in [2.45, 2.75) is 51.5 Å². The normalized spacial score (nSPS) is 21.8. The number of hydrogen-bond acceptors (Lipinski definition) is 2. The SMILES string of the molecule is CC(C)(C#N)CC(=O)N[C@@H]1CC[C@H](c2ccc(F)cc2)C1. The van der Waals surface area contributed by atoms with Gasteiger partial charge < -0.3 is 5.32 Å². The Balaban J connectivity index is 1.87. The van der Waals surface area contributed by atoms with Gasteiger partial charge in [0.25, 0.3) is 0 Å². The van der Waals surface area contributed by atoms with Crippen molar-refractivity contribution in [2.24, 2.45) is 5.41 Å². The van der Waals surface area contributed by atoms with Gasteiger partial charge in [0.2, 0.25) is 5.91 Å². The summed E-state index contributed by atoms with van der Waals surface area (Å²) < 4.78 is 12.9. The molecular formula is C17H21FN2O. The highest BCUT2D eigenvalue weighted by atomic mass is 19.1. The van der Waals surface area contributed by atoms with E-state index >= 15 is 0 Å². The topological polar surface area (TPSA) is 52.9 Å². The van der Waals surface area contributed by atoms with Crippen LogP contribution >= 0.6 is 0 Å². The maximum absolute atomic E-state index is 12.9. The second-order valence-electron chi connectivity index (χ2n) is 6.50. The maximum Gasteiger partial charge on any atom is 0.221 e. The van der Waals surface area contributed by atoms with Gasteiger partial charge in [0.1, 0.15) is 5.82 Å². The molecule has 21 heavy (non-hydrogen) atoms. The Morgan fingerprint density at radius 2 is 2.05 bits per heavy atom. The number of carbonyl (C=O) groups excluding carboxylic acids is 1. The molecule has 0 aromatic heterocycles. The van der Waals surface area contributed by atoms with Gasteiger partial charge in [0.15, 0.2) is 0 Å². The van der Waals surface area contributed by atoms with Crippen molar-refractivity contribution < 1.29 is 9.18 Å². The Hall–Kier alpha value is -1.89. The van der Waals surface area contributed by atoms with E-state index in [-0.39, 0.29) is 24.2 Å². The van der Waals surface area contributed by atoms with Gasteiger partial charge in [-0.2, -0.15) is 5.26 Å². The maximum atomic E-state index is 12.9. The van der Waals surface area contributed by atoms with E-state index in [0.29, 0.717) is 5.92 Å². The third-order valence-corrected chi connectivity index (χ3v) is 4.04. The minimum Gasteiger partial charge on any atom is -0.353 e. The molecule has 1 N–H and O–H groups in total. The molecule has 1 fully saturated rings. The van der Waals surface area contributed by atoms with E-state index < -0.39 is 5.41 Å². The molecule has 4 heteroatoms. The van der Waals surface area contributed by atoms with Crippen LogP contribution in [0.3, 0.4) is 0 Å². The lowest BCUT2D eigenvalue weighted by Gasteiger charge is -2.18. The first kappa shape index (κ1) is 15.5. The number of rotatable bonds is 4. The number of hydrogen-bond donors (Lipinski definition) is 1. The van der Waals surface area contributed by atoms with E-state index in [0.717, 1.165) is 24.8 Å². The summed E-state index contributed by atoms with van der Waals surface area (Å²) in [6.45, 7) is 3.53. The summed E-state index contributed by atoms with van der Waals surface area (Å²) in [5, 5.41) is 12.0. The quantitative estimate of drug-likeness (QED) is 0.921. The molecule has 112 valence electrons. The van der Waals surface area contributed by atoms with Crippen LogP contribution in [0.25, 0.3) is 0 Å². The van der Waals surface area contributed by atoms with Gasteiger partial charge in [0.05, 0.1) is 11.5 Å². The summed E-state index contributed by atoms with van der Waals surface area (Å²) in [6.07, 6.45) is 3.03. The highest BCUT2D eigenvalue weighted by Gasteiger charge is 2.29. The predicted molar refractivity (Wildman–Crippen MR) is 78.9 cm³/mol. The second kappa shape index (κ2) is 6.26. The zero-order chi connectivity index (χ0) is 15.5. The largest absolute Gasteiger partial charge is 0.353 e. The first-order chi connectivity index (χ1) is 9.89. The van der Waals surface area contributed by atoms with Gasteiger partial charge in [-0.15, -0.1) is 0 Å². The molecule has 0 heterocycles. The first-order valence-corrected chi connectivity index (χ1v) is 7.36. The van der Waals surface area contributed by atoms with Gasteiger partial charge in [-0.25, -0.2) is 4.39 Å². The molecule has 1 aliphatic carbocycles. The van der Waals surface area contributed by atoms with Crippen molar-refractivity contribution >= 4 is 5.91 Å². The number of halogens is 1. The molecule has 3 nitrogen and oxygen atoms in total. The molecule has 0 aliphatic heterocycles. The second-order valence-corrected chi connectivity index (χ2v) is 6.50. The predicted octanol–water partition coefficient (Wildman–Crippen LogP) is 3.52. The molecule has 0 spiro atoms. The van der Waals surface area contributed by atoms with Crippen LogP contribution in [-0.4, -0.2) is 11.9 Å². The Morgan fingerprint density at radius 1 is 1.38 bits per heavy atom. The molecule has 0 radical (unpaired) electrons. The van der Waals surface area contributed by atoms with E-state index in [4.69, 9.17) is 5.26 Å². The average Bonchev–Trinajstić information content (AvgIpc) is 2.87. The van der Waals surface area contributed by atoms with Gasteiger partial charge in [0, 0.05) is 12.5 Å². The first-order valence-electron chi connectivity index (χ1n) is 7.36. The van der Waals surface area contributed by atoms with E-state index in [2.05, 4.69) is 11.4 Å². The Labute approximate surface area is 125 Å². The third kappa shape index (κ3) is 4.29. The molecule has 2 rings (SSSR count). The van der Waals surface area contributed by atoms with Crippen LogP contribution < -0.4 is 5.32 Å². The van der Waals surface area contributed by atoms with Crippen LogP contribution in [0.5, 0.6) is 0 Å². The summed E-state index contributed by atoms with van der Waals surface area (Å²) in [5.41, 5.74) is 0.504. The van der Waals surface area contributed by atoms with E-state index in [1.165, 1.54) is 12.1 Å². The highest BCUT2D eigenvalue weighted by molar-refractivity contribution is 5.77. The van der Waals surface area contributed by atoms with Crippen LogP contribution in [0.4, 0.5) is 4.39 Å². The smallest absolute Gasteiger partial charge is 0.221 e.